The van der Waals surface area contributed by atoms with Crippen molar-refractivity contribution in [1.82, 2.24) is 5.43 Å². The molecule has 0 radical (unpaired) electrons. The molecule has 0 fully saturated rings. The number of nitrogens with two attached hydrogens (primary N) is 1. The minimum Gasteiger partial charge on any atom is -0.490 e. The van der Waals surface area contributed by atoms with Gasteiger partial charge in [-0.15, -0.1) is 0 Å². The largest absolute Gasteiger partial charge is 0.490 e. The predicted molar refractivity (Wildman–Crippen MR) is 119 cm³/mol. The lowest BCUT2D eigenvalue weighted by Gasteiger charge is -2.15. The summed E-state index contributed by atoms with van der Waals surface area (Å²) in [4.78, 5) is 0. The Labute approximate surface area is 181 Å². The molecule has 0 aliphatic carbocycles. The summed E-state index contributed by atoms with van der Waals surface area (Å²) in [6.45, 7) is 2.70. The Morgan fingerprint density at radius 2 is 2.08 bits per heavy atom. The summed E-state index contributed by atoms with van der Waals surface area (Å²) in [5.74, 6) is 1.25. The zero-order valence-electron chi connectivity index (χ0n) is 13.8. The predicted octanol–water partition coefficient (Wildman–Crippen LogP) is 4.74. The van der Waals surface area contributed by atoms with E-state index in [9.17, 15) is 0 Å². The molecule has 5 nitrogen and oxygen atoms in total. The number of nitrogens with zero attached hydrogens (tertiary/aromatic N) is 1. The number of hydrogen-bond acceptors (Lipinski definition) is 4. The van der Waals surface area contributed by atoms with Gasteiger partial charge < -0.3 is 15.2 Å². The lowest BCUT2D eigenvalue weighted by Crippen LogP contribution is -2.24. The number of nitrogens with one attached hydrogen (secondary N) is 1. The third kappa shape index (κ3) is 6.15. The molecule has 138 valence electrons. The molecule has 0 heterocycles. The highest BCUT2D eigenvalue weighted by atomic mass is 127. The van der Waals surface area contributed by atoms with Crippen LogP contribution in [-0.4, -0.2) is 17.9 Å². The molecule has 0 aliphatic rings. The first-order valence-corrected chi connectivity index (χ1v) is 9.76. The third-order valence-electron chi connectivity index (χ3n) is 3.11. The van der Waals surface area contributed by atoms with Gasteiger partial charge in [-0.25, -0.2) is 0 Å². The molecule has 3 N–H and O–H groups in total. The van der Waals surface area contributed by atoms with E-state index in [0.29, 0.717) is 34.8 Å². The molecule has 2 rings (SSSR count). The highest BCUT2D eigenvalue weighted by Crippen LogP contribution is 2.35. The van der Waals surface area contributed by atoms with Crippen LogP contribution in [0.2, 0.25) is 10.0 Å². The van der Waals surface area contributed by atoms with E-state index in [0.717, 1.165) is 14.7 Å². The van der Waals surface area contributed by atoms with Crippen LogP contribution in [0.3, 0.4) is 0 Å². The van der Waals surface area contributed by atoms with Gasteiger partial charge in [-0.3, -0.25) is 5.43 Å². The summed E-state index contributed by atoms with van der Waals surface area (Å²) in [5, 5.41) is 5.19. The number of hydrogen-bond donors (Lipinski definition) is 2. The first-order chi connectivity index (χ1) is 12.4. The van der Waals surface area contributed by atoms with Crippen molar-refractivity contribution in [3.05, 3.63) is 55.1 Å². The molecule has 0 spiro atoms. The van der Waals surface area contributed by atoms with E-state index in [4.69, 9.17) is 50.6 Å². The van der Waals surface area contributed by atoms with E-state index in [-0.39, 0.29) is 5.11 Å². The molecule has 0 unspecified atom stereocenters. The molecule has 0 aromatic heterocycles. The normalized spacial score (nSPS) is 10.8. The van der Waals surface area contributed by atoms with Gasteiger partial charge in [-0.1, -0.05) is 29.3 Å². The Hall–Kier alpha value is -1.29. The second-order valence-electron chi connectivity index (χ2n) is 5.02. The van der Waals surface area contributed by atoms with Crippen molar-refractivity contribution in [2.45, 2.75) is 13.5 Å². The van der Waals surface area contributed by atoms with Gasteiger partial charge in [0.1, 0.15) is 6.61 Å². The van der Waals surface area contributed by atoms with Crippen LogP contribution in [0.5, 0.6) is 11.5 Å². The van der Waals surface area contributed by atoms with Crippen LogP contribution in [0.4, 0.5) is 0 Å². The Bertz CT molecular complexity index is 834. The molecular formula is C17H16Cl2IN3O2S. The number of benzene rings is 2. The van der Waals surface area contributed by atoms with Crippen molar-refractivity contribution >= 4 is 69.3 Å². The molecule has 9 heteroatoms. The fourth-order valence-corrected chi connectivity index (χ4v) is 3.32. The molecule has 2 aromatic rings. The number of thiocarbonyl (C=S) groups is 1. The van der Waals surface area contributed by atoms with Gasteiger partial charge in [-0.05, 0) is 71.6 Å². The van der Waals surface area contributed by atoms with Crippen LogP contribution < -0.4 is 20.6 Å². The average Bonchev–Trinajstić information content (AvgIpc) is 2.55. The Balaban J connectivity index is 2.23. The SMILES string of the molecule is CCOc1cc(/C=N\NC(N)=S)cc(I)c1OCc1ccc(Cl)cc1Cl. The lowest BCUT2D eigenvalue weighted by molar-refractivity contribution is 0.267. The summed E-state index contributed by atoms with van der Waals surface area (Å²) < 4.78 is 12.5. The number of halogens is 3. The maximum atomic E-state index is 6.20. The first kappa shape index (κ1) is 21.0. The van der Waals surface area contributed by atoms with Crippen LogP contribution in [0, 0.1) is 3.57 Å². The minimum absolute atomic E-state index is 0.0979. The van der Waals surface area contributed by atoms with E-state index in [1.54, 1.807) is 18.3 Å². The molecule has 0 aliphatic heterocycles. The van der Waals surface area contributed by atoms with Crippen LogP contribution in [0.15, 0.2) is 35.4 Å². The maximum absolute atomic E-state index is 6.20. The maximum Gasteiger partial charge on any atom is 0.184 e. The van der Waals surface area contributed by atoms with Crippen molar-refractivity contribution in [3.8, 4) is 11.5 Å². The van der Waals surface area contributed by atoms with Crippen molar-refractivity contribution in [3.63, 3.8) is 0 Å². The minimum atomic E-state index is 0.0979. The van der Waals surface area contributed by atoms with Crippen molar-refractivity contribution in [2.75, 3.05) is 6.61 Å². The van der Waals surface area contributed by atoms with Crippen molar-refractivity contribution < 1.29 is 9.47 Å². The molecule has 0 bridgehead atoms. The fraction of sp³-hybridized carbons (Fsp3) is 0.176. The summed E-state index contributed by atoms with van der Waals surface area (Å²) in [6, 6.07) is 9.03. The lowest BCUT2D eigenvalue weighted by atomic mass is 10.2. The Morgan fingerprint density at radius 3 is 2.73 bits per heavy atom. The van der Waals surface area contributed by atoms with Gasteiger partial charge in [0.15, 0.2) is 16.6 Å². The zero-order chi connectivity index (χ0) is 19.1. The number of ether oxygens (including phenoxy) is 2. The fourth-order valence-electron chi connectivity index (χ4n) is 2.02. The molecule has 0 amide bonds. The molecule has 0 saturated heterocycles. The van der Waals surface area contributed by atoms with Crippen LogP contribution in [0.1, 0.15) is 18.1 Å². The zero-order valence-corrected chi connectivity index (χ0v) is 18.2. The third-order valence-corrected chi connectivity index (χ3v) is 4.59. The molecule has 26 heavy (non-hydrogen) atoms. The van der Waals surface area contributed by atoms with Gasteiger partial charge in [0.05, 0.1) is 16.4 Å². The molecule has 0 atom stereocenters. The highest BCUT2D eigenvalue weighted by Gasteiger charge is 2.13. The quantitative estimate of drug-likeness (QED) is 0.237. The van der Waals surface area contributed by atoms with Crippen LogP contribution >= 0.6 is 58.0 Å². The van der Waals surface area contributed by atoms with Gasteiger partial charge in [-0.2, -0.15) is 5.10 Å². The monoisotopic (exact) mass is 523 g/mol. The molecular weight excluding hydrogens is 508 g/mol. The van der Waals surface area contributed by atoms with Gasteiger partial charge in [0.25, 0.3) is 0 Å². The molecule has 0 saturated carbocycles. The van der Waals surface area contributed by atoms with Crippen LogP contribution in [-0.2, 0) is 6.61 Å². The first-order valence-electron chi connectivity index (χ1n) is 7.52. The van der Waals surface area contributed by atoms with E-state index in [2.05, 4.69) is 33.1 Å². The summed E-state index contributed by atoms with van der Waals surface area (Å²) in [7, 11) is 0. The number of hydrazone groups is 1. The van der Waals surface area contributed by atoms with Gasteiger partial charge in [0.2, 0.25) is 0 Å². The van der Waals surface area contributed by atoms with Crippen molar-refractivity contribution in [2.24, 2.45) is 10.8 Å². The summed E-state index contributed by atoms with van der Waals surface area (Å²) in [6.07, 6.45) is 1.60. The smallest absolute Gasteiger partial charge is 0.184 e. The van der Waals surface area contributed by atoms with E-state index >= 15 is 0 Å². The van der Waals surface area contributed by atoms with E-state index in [1.807, 2.05) is 25.1 Å². The topological polar surface area (TPSA) is 68.9 Å². The summed E-state index contributed by atoms with van der Waals surface area (Å²) >= 11 is 19.0. The van der Waals surface area contributed by atoms with Crippen LogP contribution in [0.25, 0.3) is 0 Å². The highest BCUT2D eigenvalue weighted by molar-refractivity contribution is 14.1. The summed E-state index contributed by atoms with van der Waals surface area (Å²) in [5.41, 5.74) is 9.51. The Morgan fingerprint density at radius 1 is 1.31 bits per heavy atom. The second kappa shape index (κ2) is 10.1. The van der Waals surface area contributed by atoms with Gasteiger partial charge >= 0.3 is 0 Å². The molecule has 2 aromatic carbocycles. The van der Waals surface area contributed by atoms with E-state index in [1.165, 1.54) is 0 Å². The Kier molecular flexibility index (Phi) is 8.20. The van der Waals surface area contributed by atoms with E-state index < -0.39 is 0 Å². The number of rotatable bonds is 7. The average molecular weight is 524 g/mol. The van der Waals surface area contributed by atoms with Crippen molar-refractivity contribution in [1.29, 1.82) is 0 Å². The van der Waals surface area contributed by atoms with Gasteiger partial charge in [0, 0.05) is 15.6 Å². The standard InChI is InChI=1S/C17H16Cl2IN3O2S/c1-2-24-15-6-10(8-22-23-17(21)26)5-14(20)16(15)25-9-11-3-4-12(18)7-13(11)19/h3-8H,2,9H2,1H3,(H3,21,23,26)/b22-8-. The second-order valence-corrected chi connectivity index (χ2v) is 7.47.